The summed E-state index contributed by atoms with van der Waals surface area (Å²) >= 11 is 0. The molecule has 58 heavy (non-hydrogen) atoms. The van der Waals surface area contributed by atoms with E-state index in [9.17, 15) is 14.7 Å². The molecular formula is C47H47N5O6. The summed E-state index contributed by atoms with van der Waals surface area (Å²) in [6, 6.07) is 27.6. The van der Waals surface area contributed by atoms with E-state index in [1.165, 1.54) is 5.56 Å². The molecule has 1 N–H and O–H groups in total. The first-order chi connectivity index (χ1) is 28.1. The number of fused-ring (bicyclic) bond motifs is 2. The van der Waals surface area contributed by atoms with Crippen LogP contribution < -0.4 is 9.64 Å². The summed E-state index contributed by atoms with van der Waals surface area (Å²) in [6.45, 7) is 6.68. The van der Waals surface area contributed by atoms with Gasteiger partial charge in [-0.15, -0.1) is 6.42 Å². The van der Waals surface area contributed by atoms with Crippen LogP contribution in [0.15, 0.2) is 91.0 Å². The third-order valence-electron chi connectivity index (χ3n) is 11.9. The van der Waals surface area contributed by atoms with E-state index in [0.29, 0.717) is 67.4 Å². The molecule has 0 radical (unpaired) electrons. The highest BCUT2D eigenvalue weighted by Crippen LogP contribution is 2.36. The first-order valence-corrected chi connectivity index (χ1v) is 19.7. The van der Waals surface area contributed by atoms with Crippen LogP contribution in [0.3, 0.4) is 0 Å². The molecule has 8 rings (SSSR count). The summed E-state index contributed by atoms with van der Waals surface area (Å²) in [5, 5.41) is 9.84. The number of benzene rings is 4. The number of phenolic OH excluding ortho intramolecular Hbond substituents is 1. The lowest BCUT2D eigenvalue weighted by molar-refractivity contribution is 0.0193. The van der Waals surface area contributed by atoms with Gasteiger partial charge in [-0.25, -0.2) is 4.79 Å². The van der Waals surface area contributed by atoms with Gasteiger partial charge in [-0.1, -0.05) is 42.3 Å². The maximum atomic E-state index is 15.4. The summed E-state index contributed by atoms with van der Waals surface area (Å²) in [6.07, 6.45) is 6.43. The fourth-order valence-corrected chi connectivity index (χ4v) is 8.36. The minimum Gasteiger partial charge on any atom is -0.508 e. The average molecular weight is 778 g/mol. The Bertz CT molecular complexity index is 2430. The highest BCUT2D eigenvalue weighted by atomic mass is 16.6. The minimum absolute atomic E-state index is 0.0849. The Morgan fingerprint density at radius 1 is 0.879 bits per heavy atom. The molecule has 0 spiro atoms. The fraction of sp³-hybridized carbons (Fsp3) is 0.298. The normalized spacial score (nSPS) is 16.6. The predicted octanol–water partition coefficient (Wildman–Crippen LogP) is 6.42. The minimum atomic E-state index is -0.512. The van der Waals surface area contributed by atoms with Crippen molar-refractivity contribution >= 4 is 23.6 Å². The molecule has 1 saturated heterocycles. The van der Waals surface area contributed by atoms with Crippen molar-refractivity contribution in [3.8, 4) is 35.1 Å². The van der Waals surface area contributed by atoms with Crippen molar-refractivity contribution in [1.82, 2.24) is 19.3 Å². The van der Waals surface area contributed by atoms with Crippen LogP contribution in [-0.2, 0) is 37.7 Å². The second kappa shape index (κ2) is 16.3. The first-order valence-electron chi connectivity index (χ1n) is 19.7. The van der Waals surface area contributed by atoms with E-state index in [-0.39, 0.29) is 30.2 Å². The maximum Gasteiger partial charge on any atom is 0.415 e. The van der Waals surface area contributed by atoms with Crippen molar-refractivity contribution in [2.75, 3.05) is 51.3 Å². The topological polar surface area (TPSA) is 108 Å². The number of carbonyl (C=O) groups excluding carboxylic acids is 3. The summed E-state index contributed by atoms with van der Waals surface area (Å²) in [4.78, 5) is 50.6. The molecule has 11 heteroatoms. The number of hydrogen-bond donors (Lipinski definition) is 1. The van der Waals surface area contributed by atoms with Gasteiger partial charge in [0.2, 0.25) is 0 Å². The Labute approximate surface area is 339 Å². The van der Waals surface area contributed by atoms with Gasteiger partial charge in [-0.05, 0) is 96.6 Å². The van der Waals surface area contributed by atoms with Crippen LogP contribution in [0.25, 0.3) is 11.3 Å². The summed E-state index contributed by atoms with van der Waals surface area (Å²) in [5.74, 6) is 2.70. The quantitative estimate of drug-likeness (QED) is 0.190. The highest BCUT2D eigenvalue weighted by molar-refractivity contribution is 6.08. The Balaban J connectivity index is 1.19. The highest BCUT2D eigenvalue weighted by Gasteiger charge is 2.35. The molecule has 1 aromatic heterocycles. The first kappa shape index (κ1) is 38.5. The van der Waals surface area contributed by atoms with Crippen molar-refractivity contribution in [3.63, 3.8) is 0 Å². The van der Waals surface area contributed by atoms with Gasteiger partial charge in [0.1, 0.15) is 11.5 Å². The average Bonchev–Trinajstić information content (AvgIpc) is 3.55. The predicted molar refractivity (Wildman–Crippen MR) is 222 cm³/mol. The van der Waals surface area contributed by atoms with E-state index in [4.69, 9.17) is 15.9 Å². The number of nitrogens with zero attached hydrogens (tertiary/aromatic N) is 5. The van der Waals surface area contributed by atoms with Crippen LogP contribution in [-0.4, -0.2) is 94.8 Å². The molecule has 3 amide bonds. The van der Waals surface area contributed by atoms with E-state index in [2.05, 4.69) is 35.1 Å². The molecule has 3 aliphatic heterocycles. The molecule has 11 nitrogen and oxygen atoms in total. The number of amides is 3. The molecule has 1 atom stereocenters. The number of morpholine rings is 1. The van der Waals surface area contributed by atoms with Gasteiger partial charge in [0.15, 0.2) is 0 Å². The Morgan fingerprint density at radius 3 is 2.36 bits per heavy atom. The molecule has 1 fully saturated rings. The summed E-state index contributed by atoms with van der Waals surface area (Å²) in [5.41, 5.74) is 8.59. The van der Waals surface area contributed by atoms with Crippen LogP contribution in [0.5, 0.6) is 11.5 Å². The van der Waals surface area contributed by atoms with Gasteiger partial charge in [0, 0.05) is 87.6 Å². The molecule has 4 aromatic carbocycles. The third kappa shape index (κ3) is 7.56. The molecule has 0 aliphatic carbocycles. The monoisotopic (exact) mass is 777 g/mol. The van der Waals surface area contributed by atoms with Gasteiger partial charge in [0.05, 0.1) is 24.3 Å². The van der Waals surface area contributed by atoms with Crippen molar-refractivity contribution < 1.29 is 29.0 Å². The van der Waals surface area contributed by atoms with E-state index >= 15 is 4.79 Å². The van der Waals surface area contributed by atoms with E-state index in [1.54, 1.807) is 65.4 Å². The molecular weight excluding hydrogens is 731 g/mol. The van der Waals surface area contributed by atoms with Crippen LogP contribution in [0.1, 0.15) is 54.2 Å². The number of aromatic hydroxyl groups is 1. The molecule has 5 aromatic rings. The molecule has 296 valence electrons. The van der Waals surface area contributed by atoms with Crippen molar-refractivity contribution in [1.29, 1.82) is 0 Å². The van der Waals surface area contributed by atoms with Crippen LogP contribution in [0, 0.1) is 19.3 Å². The lowest BCUT2D eigenvalue weighted by Gasteiger charge is -2.41. The van der Waals surface area contributed by atoms with Crippen LogP contribution in [0.4, 0.5) is 10.5 Å². The second-order valence-electron chi connectivity index (χ2n) is 15.3. The zero-order valence-corrected chi connectivity index (χ0v) is 33.1. The maximum absolute atomic E-state index is 15.4. The van der Waals surface area contributed by atoms with Gasteiger partial charge in [-0.2, -0.15) is 0 Å². The molecule has 0 bridgehead atoms. The lowest BCUT2D eigenvalue weighted by atomic mass is 9.89. The SMILES string of the molecule is C#Cc1ccccc1OC(=O)N1CCc2cc(-c3cc(C(=O)N(C)c4ccc(O)cc4)c(C)n3C)c(C(=O)N3Cc4ccccc4C[C@H]3CN3CCOCC3)cc2C1. The number of para-hydroxylation sites is 1. The molecule has 0 unspecified atom stereocenters. The standard InChI is InChI=1S/C47H47N5O6/c1-5-32-10-8-9-13-44(32)58-47(56)51-19-18-34-25-41(43-27-40(31(2)48(43)3)45(54)49(4)37-14-16-39(53)17-15-37)42(26-36(34)28-51)46(55)52-29-35-12-7-6-11-33(35)24-38(52)30-50-20-22-57-23-21-50/h1,6-17,25-27,38,53H,18-24,28-30H2,2-4H3/t38-/m0/s1. The number of rotatable bonds is 7. The number of phenols is 1. The number of terminal acetylenes is 1. The van der Waals surface area contributed by atoms with E-state index < -0.39 is 6.09 Å². The lowest BCUT2D eigenvalue weighted by Crippen LogP contribution is -2.52. The molecule has 4 heterocycles. The zero-order valence-electron chi connectivity index (χ0n) is 33.1. The molecule has 0 saturated carbocycles. The largest absolute Gasteiger partial charge is 0.508 e. The number of ether oxygens (including phenoxy) is 2. The van der Waals surface area contributed by atoms with Crippen LogP contribution in [0.2, 0.25) is 0 Å². The number of carbonyl (C=O) groups is 3. The second-order valence-corrected chi connectivity index (χ2v) is 15.3. The Kier molecular flexibility index (Phi) is 10.8. The van der Waals surface area contributed by atoms with Crippen molar-refractivity contribution in [2.45, 2.75) is 38.9 Å². The van der Waals surface area contributed by atoms with Gasteiger partial charge >= 0.3 is 6.09 Å². The molecule has 3 aliphatic rings. The Hall–Kier alpha value is -6.35. The zero-order chi connectivity index (χ0) is 40.5. The van der Waals surface area contributed by atoms with Gasteiger partial charge in [0.25, 0.3) is 11.8 Å². The number of aromatic nitrogens is 1. The van der Waals surface area contributed by atoms with E-state index in [0.717, 1.165) is 53.2 Å². The number of anilines is 1. The van der Waals surface area contributed by atoms with Crippen LogP contribution >= 0.6 is 0 Å². The van der Waals surface area contributed by atoms with Crippen molar-refractivity contribution in [2.24, 2.45) is 7.05 Å². The van der Waals surface area contributed by atoms with Crippen molar-refractivity contribution in [3.05, 3.63) is 136 Å². The summed E-state index contributed by atoms with van der Waals surface area (Å²) in [7, 11) is 3.62. The van der Waals surface area contributed by atoms with Gasteiger partial charge < -0.3 is 33.8 Å². The summed E-state index contributed by atoms with van der Waals surface area (Å²) < 4.78 is 13.4. The number of hydrogen-bond acceptors (Lipinski definition) is 7. The van der Waals surface area contributed by atoms with Gasteiger partial charge in [-0.3, -0.25) is 14.5 Å². The smallest absolute Gasteiger partial charge is 0.415 e. The third-order valence-corrected chi connectivity index (χ3v) is 11.9. The Morgan fingerprint density at radius 2 is 1.60 bits per heavy atom. The van der Waals surface area contributed by atoms with E-state index in [1.807, 2.05) is 41.6 Å². The fourth-order valence-electron chi connectivity index (χ4n) is 8.36.